The van der Waals surface area contributed by atoms with Gasteiger partial charge in [-0.1, -0.05) is 25.5 Å². The first kappa shape index (κ1) is 14.5. The first-order chi connectivity index (χ1) is 8.65. The third-order valence-corrected chi connectivity index (χ3v) is 2.75. The van der Waals surface area contributed by atoms with E-state index in [0.717, 1.165) is 37.0 Å². The van der Waals surface area contributed by atoms with Gasteiger partial charge in [0, 0.05) is 6.61 Å². The van der Waals surface area contributed by atoms with Gasteiger partial charge in [0.15, 0.2) is 0 Å². The summed E-state index contributed by atoms with van der Waals surface area (Å²) in [5, 5.41) is 8.61. The first-order valence-electron chi connectivity index (χ1n) is 6.22. The SMILES string of the molecule is CCCCOCCc1cccc(OC(=O)O)c1C. The number of carbonyl (C=O) groups is 1. The van der Waals surface area contributed by atoms with Crippen molar-refractivity contribution in [3.05, 3.63) is 29.3 Å². The van der Waals surface area contributed by atoms with E-state index in [1.807, 2.05) is 13.0 Å². The van der Waals surface area contributed by atoms with E-state index in [1.54, 1.807) is 12.1 Å². The third-order valence-electron chi connectivity index (χ3n) is 2.75. The van der Waals surface area contributed by atoms with Gasteiger partial charge in [-0.2, -0.15) is 0 Å². The predicted molar refractivity (Wildman–Crippen MR) is 69.3 cm³/mol. The summed E-state index contributed by atoms with van der Waals surface area (Å²) in [7, 11) is 0. The van der Waals surface area contributed by atoms with Crippen molar-refractivity contribution in [2.75, 3.05) is 13.2 Å². The van der Waals surface area contributed by atoms with Crippen LogP contribution in [-0.4, -0.2) is 24.5 Å². The zero-order valence-electron chi connectivity index (χ0n) is 10.9. The van der Waals surface area contributed by atoms with Gasteiger partial charge in [-0.25, -0.2) is 4.79 Å². The Kier molecular flexibility index (Phi) is 6.22. The highest BCUT2D eigenvalue weighted by atomic mass is 16.7. The number of hydrogen-bond acceptors (Lipinski definition) is 3. The molecular weight excluding hydrogens is 232 g/mol. The number of carboxylic acid groups (broad SMARTS) is 1. The van der Waals surface area contributed by atoms with Crippen LogP contribution in [0, 0.1) is 6.92 Å². The largest absolute Gasteiger partial charge is 0.511 e. The molecule has 0 aromatic heterocycles. The molecule has 0 aliphatic carbocycles. The monoisotopic (exact) mass is 252 g/mol. The summed E-state index contributed by atoms with van der Waals surface area (Å²) in [4.78, 5) is 10.5. The lowest BCUT2D eigenvalue weighted by molar-refractivity contribution is 0.134. The Labute approximate surface area is 108 Å². The Hall–Kier alpha value is -1.55. The van der Waals surface area contributed by atoms with E-state index < -0.39 is 6.16 Å². The Morgan fingerprint density at radius 3 is 2.78 bits per heavy atom. The second-order valence-electron chi connectivity index (χ2n) is 4.12. The molecular formula is C14H20O4. The first-order valence-corrected chi connectivity index (χ1v) is 6.22. The van der Waals surface area contributed by atoms with Gasteiger partial charge in [-0.15, -0.1) is 0 Å². The molecule has 0 amide bonds. The van der Waals surface area contributed by atoms with E-state index >= 15 is 0 Å². The van der Waals surface area contributed by atoms with Crippen LogP contribution >= 0.6 is 0 Å². The maximum absolute atomic E-state index is 10.5. The summed E-state index contributed by atoms with van der Waals surface area (Å²) in [6, 6.07) is 5.42. The van der Waals surface area contributed by atoms with Crippen LogP contribution in [0.1, 0.15) is 30.9 Å². The van der Waals surface area contributed by atoms with Gasteiger partial charge in [0.05, 0.1) is 6.61 Å². The van der Waals surface area contributed by atoms with Gasteiger partial charge in [-0.3, -0.25) is 0 Å². The highest BCUT2D eigenvalue weighted by Crippen LogP contribution is 2.21. The van der Waals surface area contributed by atoms with Crippen molar-refractivity contribution >= 4 is 6.16 Å². The normalized spacial score (nSPS) is 10.3. The molecule has 0 unspecified atom stereocenters. The van der Waals surface area contributed by atoms with E-state index in [0.29, 0.717) is 12.4 Å². The zero-order chi connectivity index (χ0) is 13.4. The summed E-state index contributed by atoms with van der Waals surface area (Å²) in [6.45, 7) is 5.41. The third kappa shape index (κ3) is 4.75. The molecule has 100 valence electrons. The van der Waals surface area contributed by atoms with Crippen molar-refractivity contribution in [3.63, 3.8) is 0 Å². The number of hydrogen-bond donors (Lipinski definition) is 1. The fourth-order valence-electron chi connectivity index (χ4n) is 1.67. The minimum absolute atomic E-state index is 0.397. The van der Waals surface area contributed by atoms with Crippen LogP contribution in [0.3, 0.4) is 0 Å². The maximum atomic E-state index is 10.5. The van der Waals surface area contributed by atoms with Gasteiger partial charge in [0.25, 0.3) is 0 Å². The Balaban J connectivity index is 2.52. The van der Waals surface area contributed by atoms with E-state index in [9.17, 15) is 4.79 Å². The standard InChI is InChI=1S/C14H20O4/c1-3-4-9-17-10-8-12-6-5-7-13(11(12)2)18-14(15)16/h5-7H,3-4,8-10H2,1-2H3,(H,15,16). The molecule has 18 heavy (non-hydrogen) atoms. The number of unbranched alkanes of at least 4 members (excludes halogenated alkanes) is 1. The second kappa shape index (κ2) is 7.71. The predicted octanol–water partition coefficient (Wildman–Crippen LogP) is 3.41. The summed E-state index contributed by atoms with van der Waals surface area (Å²) in [5.41, 5.74) is 1.92. The second-order valence-corrected chi connectivity index (χ2v) is 4.12. The van der Waals surface area contributed by atoms with Crippen LogP contribution in [0.5, 0.6) is 5.75 Å². The summed E-state index contributed by atoms with van der Waals surface area (Å²) < 4.78 is 10.2. The van der Waals surface area contributed by atoms with E-state index in [4.69, 9.17) is 14.6 Å². The molecule has 0 bridgehead atoms. The molecule has 0 fully saturated rings. The molecule has 0 radical (unpaired) electrons. The average Bonchev–Trinajstić information content (AvgIpc) is 2.33. The topological polar surface area (TPSA) is 55.8 Å². The van der Waals surface area contributed by atoms with Crippen molar-refractivity contribution < 1.29 is 19.4 Å². The molecule has 0 atom stereocenters. The van der Waals surface area contributed by atoms with Gasteiger partial charge in [0.1, 0.15) is 5.75 Å². The highest BCUT2D eigenvalue weighted by molar-refractivity contribution is 5.62. The van der Waals surface area contributed by atoms with Gasteiger partial charge >= 0.3 is 6.16 Å². The molecule has 0 aliphatic heterocycles. The Bertz CT molecular complexity index is 387. The summed E-state index contributed by atoms with van der Waals surface area (Å²) in [5.74, 6) is 0.397. The average molecular weight is 252 g/mol. The summed E-state index contributed by atoms with van der Waals surface area (Å²) in [6.07, 6.45) is 1.68. The molecule has 1 N–H and O–H groups in total. The molecule has 0 saturated carbocycles. The number of benzene rings is 1. The number of ether oxygens (including phenoxy) is 2. The lowest BCUT2D eigenvalue weighted by Crippen LogP contribution is -2.06. The minimum Gasteiger partial charge on any atom is -0.449 e. The van der Waals surface area contributed by atoms with Gasteiger partial charge in [-0.05, 0) is 37.0 Å². The van der Waals surface area contributed by atoms with Crippen LogP contribution < -0.4 is 4.74 Å². The van der Waals surface area contributed by atoms with Crippen LogP contribution in [0.25, 0.3) is 0 Å². The summed E-state index contributed by atoms with van der Waals surface area (Å²) >= 11 is 0. The molecule has 0 saturated heterocycles. The fraction of sp³-hybridized carbons (Fsp3) is 0.500. The van der Waals surface area contributed by atoms with Crippen LogP contribution in [-0.2, 0) is 11.2 Å². The van der Waals surface area contributed by atoms with Crippen molar-refractivity contribution in [1.29, 1.82) is 0 Å². The fourth-order valence-corrected chi connectivity index (χ4v) is 1.67. The van der Waals surface area contributed by atoms with Crippen LogP contribution in [0.4, 0.5) is 4.79 Å². The number of rotatable bonds is 7. The highest BCUT2D eigenvalue weighted by Gasteiger charge is 2.08. The van der Waals surface area contributed by atoms with Crippen molar-refractivity contribution in [2.45, 2.75) is 33.1 Å². The zero-order valence-corrected chi connectivity index (χ0v) is 10.9. The van der Waals surface area contributed by atoms with Gasteiger partial charge < -0.3 is 14.6 Å². The van der Waals surface area contributed by atoms with E-state index in [1.165, 1.54) is 0 Å². The molecule has 4 heteroatoms. The van der Waals surface area contributed by atoms with Crippen LogP contribution in [0.15, 0.2) is 18.2 Å². The van der Waals surface area contributed by atoms with Crippen molar-refractivity contribution in [2.24, 2.45) is 0 Å². The molecule has 0 heterocycles. The Morgan fingerprint density at radius 2 is 2.11 bits per heavy atom. The molecule has 0 aliphatic rings. The Morgan fingerprint density at radius 1 is 1.33 bits per heavy atom. The van der Waals surface area contributed by atoms with Crippen molar-refractivity contribution in [1.82, 2.24) is 0 Å². The van der Waals surface area contributed by atoms with E-state index in [-0.39, 0.29) is 0 Å². The molecule has 1 rings (SSSR count). The molecule has 1 aromatic carbocycles. The molecule has 1 aromatic rings. The lowest BCUT2D eigenvalue weighted by Gasteiger charge is -2.10. The van der Waals surface area contributed by atoms with Gasteiger partial charge in [0.2, 0.25) is 0 Å². The maximum Gasteiger partial charge on any atom is 0.511 e. The quantitative estimate of drug-likeness (QED) is 0.459. The van der Waals surface area contributed by atoms with Crippen LogP contribution in [0.2, 0.25) is 0 Å². The molecule has 4 nitrogen and oxygen atoms in total. The molecule has 0 spiro atoms. The smallest absolute Gasteiger partial charge is 0.449 e. The van der Waals surface area contributed by atoms with Crippen molar-refractivity contribution in [3.8, 4) is 5.75 Å². The lowest BCUT2D eigenvalue weighted by atomic mass is 10.1. The van der Waals surface area contributed by atoms with E-state index in [2.05, 4.69) is 6.92 Å². The minimum atomic E-state index is -1.28.